The van der Waals surface area contributed by atoms with E-state index in [0.717, 1.165) is 16.9 Å². The molecular weight excluding hydrogens is 250 g/mol. The quantitative estimate of drug-likeness (QED) is 0.835. The van der Waals surface area contributed by atoms with E-state index in [0.29, 0.717) is 6.61 Å². The van der Waals surface area contributed by atoms with E-state index in [9.17, 15) is 4.79 Å². The molecule has 0 aromatic heterocycles. The molecule has 0 spiro atoms. The lowest BCUT2D eigenvalue weighted by Gasteiger charge is -2.26. The summed E-state index contributed by atoms with van der Waals surface area (Å²) in [6.07, 6.45) is 0. The van der Waals surface area contributed by atoms with Gasteiger partial charge in [-0.1, -0.05) is 6.07 Å². The van der Waals surface area contributed by atoms with Crippen LogP contribution in [0.5, 0.6) is 5.75 Å². The molecule has 0 heterocycles. The smallest absolute Gasteiger partial charge is 0.235 e. The number of halogens is 1. The van der Waals surface area contributed by atoms with E-state index in [2.05, 4.69) is 11.4 Å². The second-order valence-electron chi connectivity index (χ2n) is 5.18. The van der Waals surface area contributed by atoms with Crippen LogP contribution >= 0.6 is 11.6 Å². The van der Waals surface area contributed by atoms with Crippen LogP contribution in [0, 0.1) is 13.8 Å². The number of benzene rings is 1. The summed E-state index contributed by atoms with van der Waals surface area (Å²) < 4.78 is 5.72. The normalized spacial score (nSPS) is 11.2. The van der Waals surface area contributed by atoms with Crippen LogP contribution in [0.3, 0.4) is 0 Å². The lowest BCUT2D eigenvalue weighted by atomic mass is 10.1. The van der Waals surface area contributed by atoms with E-state index in [1.165, 1.54) is 0 Å². The molecule has 0 saturated heterocycles. The van der Waals surface area contributed by atoms with E-state index in [-0.39, 0.29) is 11.8 Å². The number of rotatable bonds is 5. The molecule has 0 radical (unpaired) electrons. The highest BCUT2D eigenvalue weighted by atomic mass is 35.5. The van der Waals surface area contributed by atoms with Gasteiger partial charge in [-0.05, 0) is 51.0 Å². The zero-order valence-electron chi connectivity index (χ0n) is 11.3. The van der Waals surface area contributed by atoms with Crippen LogP contribution in [0.15, 0.2) is 18.2 Å². The molecule has 0 atom stereocenters. The third-order valence-electron chi connectivity index (χ3n) is 2.39. The average Bonchev–Trinajstić information content (AvgIpc) is 2.24. The Morgan fingerprint density at radius 3 is 2.33 bits per heavy atom. The lowest BCUT2D eigenvalue weighted by molar-refractivity contribution is -0.120. The van der Waals surface area contributed by atoms with Gasteiger partial charge in [0.15, 0.2) is 0 Å². The summed E-state index contributed by atoms with van der Waals surface area (Å²) in [6, 6.07) is 6.05. The number of aryl methyl sites for hydroxylation is 2. The van der Waals surface area contributed by atoms with Gasteiger partial charge in [-0.25, -0.2) is 0 Å². The summed E-state index contributed by atoms with van der Waals surface area (Å²) in [7, 11) is 0. The Bertz CT molecular complexity index is 410. The number of alkyl halides is 1. The van der Waals surface area contributed by atoms with Gasteiger partial charge < -0.3 is 10.1 Å². The van der Waals surface area contributed by atoms with Crippen molar-refractivity contribution in [2.75, 3.05) is 12.5 Å². The van der Waals surface area contributed by atoms with Crippen molar-refractivity contribution in [3.8, 4) is 5.75 Å². The van der Waals surface area contributed by atoms with Crippen LogP contribution in [0.25, 0.3) is 0 Å². The first-order chi connectivity index (χ1) is 8.32. The Hall–Kier alpha value is -1.22. The number of amides is 1. The molecule has 1 N–H and O–H groups in total. The first kappa shape index (κ1) is 14.8. The molecule has 0 aliphatic rings. The molecule has 100 valence electrons. The van der Waals surface area contributed by atoms with Crippen molar-refractivity contribution in [3.05, 3.63) is 29.3 Å². The molecule has 18 heavy (non-hydrogen) atoms. The molecule has 0 unspecified atom stereocenters. The highest BCUT2D eigenvalue weighted by Crippen LogP contribution is 2.17. The second kappa shape index (κ2) is 6.10. The van der Waals surface area contributed by atoms with E-state index in [4.69, 9.17) is 16.3 Å². The van der Waals surface area contributed by atoms with Gasteiger partial charge in [0.2, 0.25) is 5.91 Å². The highest BCUT2D eigenvalue weighted by Gasteiger charge is 2.20. The molecule has 1 aromatic carbocycles. The molecule has 0 fully saturated rings. The van der Waals surface area contributed by atoms with Gasteiger partial charge >= 0.3 is 0 Å². The molecule has 4 heteroatoms. The third kappa shape index (κ3) is 4.96. The minimum atomic E-state index is -0.441. The molecule has 0 bridgehead atoms. The standard InChI is InChI=1S/C14H20ClNO2/c1-10-5-11(2)7-12(6-10)18-9-14(3,4)16-13(17)8-15/h5-7H,8-9H2,1-4H3,(H,16,17). The maximum Gasteiger partial charge on any atom is 0.235 e. The number of ether oxygens (including phenoxy) is 1. The number of carbonyl (C=O) groups is 1. The van der Waals surface area contributed by atoms with Crippen LogP contribution < -0.4 is 10.1 Å². The van der Waals surface area contributed by atoms with Gasteiger partial charge in [-0.3, -0.25) is 4.79 Å². The molecule has 0 aliphatic carbocycles. The van der Waals surface area contributed by atoms with Crippen LogP contribution in [0.2, 0.25) is 0 Å². The van der Waals surface area contributed by atoms with Crippen LogP contribution in [-0.2, 0) is 4.79 Å². The Kier molecular flexibility index (Phi) is 5.03. The first-order valence-electron chi connectivity index (χ1n) is 5.90. The minimum absolute atomic E-state index is 0.0347. The van der Waals surface area contributed by atoms with E-state index in [1.807, 2.05) is 39.8 Å². The Morgan fingerprint density at radius 1 is 1.28 bits per heavy atom. The van der Waals surface area contributed by atoms with Gasteiger partial charge in [0.25, 0.3) is 0 Å². The molecule has 1 amide bonds. The van der Waals surface area contributed by atoms with E-state index in [1.54, 1.807) is 0 Å². The topological polar surface area (TPSA) is 38.3 Å². The van der Waals surface area contributed by atoms with Gasteiger partial charge in [0.05, 0.1) is 5.54 Å². The van der Waals surface area contributed by atoms with Gasteiger partial charge in [-0.15, -0.1) is 11.6 Å². The number of nitrogens with one attached hydrogen (secondary N) is 1. The predicted octanol–water partition coefficient (Wildman–Crippen LogP) is 2.82. The molecule has 3 nitrogen and oxygen atoms in total. The van der Waals surface area contributed by atoms with Crippen molar-refractivity contribution >= 4 is 17.5 Å². The Balaban J connectivity index is 2.60. The number of hydrogen-bond donors (Lipinski definition) is 1. The molecule has 0 aliphatic heterocycles. The maximum absolute atomic E-state index is 11.2. The van der Waals surface area contributed by atoms with Crippen molar-refractivity contribution in [1.82, 2.24) is 5.32 Å². The minimum Gasteiger partial charge on any atom is -0.491 e. The summed E-state index contributed by atoms with van der Waals surface area (Å²) in [5.74, 6) is 0.596. The average molecular weight is 270 g/mol. The van der Waals surface area contributed by atoms with E-state index >= 15 is 0 Å². The van der Waals surface area contributed by atoms with Crippen molar-refractivity contribution in [3.63, 3.8) is 0 Å². The number of carbonyl (C=O) groups excluding carboxylic acids is 1. The summed E-state index contributed by atoms with van der Waals surface area (Å²) in [5, 5.41) is 2.81. The summed E-state index contributed by atoms with van der Waals surface area (Å²) in [6.45, 7) is 8.26. The van der Waals surface area contributed by atoms with Crippen molar-refractivity contribution in [2.45, 2.75) is 33.2 Å². The first-order valence-corrected chi connectivity index (χ1v) is 6.44. The van der Waals surface area contributed by atoms with Crippen LogP contribution in [0.4, 0.5) is 0 Å². The van der Waals surface area contributed by atoms with E-state index < -0.39 is 5.54 Å². The fourth-order valence-corrected chi connectivity index (χ4v) is 1.79. The van der Waals surface area contributed by atoms with Gasteiger partial charge in [-0.2, -0.15) is 0 Å². The van der Waals surface area contributed by atoms with Crippen LogP contribution in [0.1, 0.15) is 25.0 Å². The fourth-order valence-electron chi connectivity index (χ4n) is 1.73. The summed E-state index contributed by atoms with van der Waals surface area (Å²) >= 11 is 5.46. The summed E-state index contributed by atoms with van der Waals surface area (Å²) in [5.41, 5.74) is 1.88. The monoisotopic (exact) mass is 269 g/mol. The Labute approximate surface area is 113 Å². The molecule has 1 aromatic rings. The third-order valence-corrected chi connectivity index (χ3v) is 2.64. The zero-order chi connectivity index (χ0) is 13.8. The molecule has 1 rings (SSSR count). The van der Waals surface area contributed by atoms with Crippen molar-refractivity contribution in [1.29, 1.82) is 0 Å². The maximum atomic E-state index is 11.2. The molecular formula is C14H20ClNO2. The Morgan fingerprint density at radius 2 is 1.83 bits per heavy atom. The zero-order valence-corrected chi connectivity index (χ0v) is 12.1. The predicted molar refractivity (Wildman–Crippen MR) is 74.4 cm³/mol. The highest BCUT2D eigenvalue weighted by molar-refractivity contribution is 6.27. The lowest BCUT2D eigenvalue weighted by Crippen LogP contribution is -2.48. The van der Waals surface area contributed by atoms with Crippen molar-refractivity contribution < 1.29 is 9.53 Å². The second-order valence-corrected chi connectivity index (χ2v) is 5.45. The molecule has 0 saturated carbocycles. The summed E-state index contributed by atoms with van der Waals surface area (Å²) in [4.78, 5) is 11.2. The van der Waals surface area contributed by atoms with Gasteiger partial charge in [0.1, 0.15) is 18.2 Å². The van der Waals surface area contributed by atoms with Crippen molar-refractivity contribution in [2.24, 2.45) is 0 Å². The number of hydrogen-bond acceptors (Lipinski definition) is 2. The largest absolute Gasteiger partial charge is 0.491 e. The fraction of sp³-hybridized carbons (Fsp3) is 0.500. The van der Waals surface area contributed by atoms with Crippen LogP contribution in [-0.4, -0.2) is 23.9 Å². The SMILES string of the molecule is Cc1cc(C)cc(OCC(C)(C)NC(=O)CCl)c1. The van der Waals surface area contributed by atoms with Gasteiger partial charge in [0, 0.05) is 0 Å².